The molecule has 0 bridgehead atoms. The lowest BCUT2D eigenvalue weighted by Crippen LogP contribution is -2.35. The standard InChI is InChI=1S/C23H18N2O3/c26-21(18-10-13-9-17(13)14-5-1-2-6-15(14)18)12-25-23(28)22(27)19-11-24-20-8-4-3-7-16(19)20/h1-8,10-11,13,17,24H,9,12H2,(H,25,28). The molecule has 0 spiro atoms. The molecule has 2 unspecified atom stereocenters. The van der Waals surface area contributed by atoms with Crippen LogP contribution in [-0.4, -0.2) is 29.0 Å². The van der Waals surface area contributed by atoms with E-state index in [2.05, 4.69) is 16.4 Å². The van der Waals surface area contributed by atoms with Crippen molar-refractivity contribution in [1.82, 2.24) is 10.3 Å². The molecule has 0 aliphatic heterocycles. The molecule has 2 aromatic carbocycles. The Labute approximate surface area is 161 Å². The van der Waals surface area contributed by atoms with E-state index < -0.39 is 11.7 Å². The molecule has 1 fully saturated rings. The lowest BCUT2D eigenvalue weighted by molar-refractivity contribution is -0.120. The van der Waals surface area contributed by atoms with Crippen molar-refractivity contribution in [3.05, 3.63) is 77.5 Å². The zero-order valence-electron chi connectivity index (χ0n) is 15.1. The number of aromatic nitrogens is 1. The molecule has 1 amide bonds. The first-order valence-electron chi connectivity index (χ1n) is 9.36. The van der Waals surface area contributed by atoms with Gasteiger partial charge in [-0.15, -0.1) is 0 Å². The largest absolute Gasteiger partial charge is 0.360 e. The van der Waals surface area contributed by atoms with Gasteiger partial charge in [0.15, 0.2) is 5.78 Å². The Morgan fingerprint density at radius 3 is 2.71 bits per heavy atom. The summed E-state index contributed by atoms with van der Waals surface area (Å²) in [5.41, 5.74) is 3.90. The number of H-pyrrole nitrogens is 1. The van der Waals surface area contributed by atoms with Gasteiger partial charge in [-0.2, -0.15) is 0 Å². The van der Waals surface area contributed by atoms with Crippen LogP contribution in [0.15, 0.2) is 60.8 Å². The predicted octanol–water partition coefficient (Wildman–Crippen LogP) is 3.24. The molecule has 2 aliphatic carbocycles. The average molecular weight is 370 g/mol. The van der Waals surface area contributed by atoms with Gasteiger partial charge in [-0.25, -0.2) is 0 Å². The van der Waals surface area contributed by atoms with Crippen molar-refractivity contribution in [2.45, 2.75) is 12.3 Å². The van der Waals surface area contributed by atoms with Crippen LogP contribution in [-0.2, 0) is 9.59 Å². The van der Waals surface area contributed by atoms with Crippen molar-refractivity contribution in [2.75, 3.05) is 6.54 Å². The lowest BCUT2D eigenvalue weighted by atomic mass is 9.88. The van der Waals surface area contributed by atoms with Crippen LogP contribution in [0.1, 0.15) is 33.8 Å². The molecule has 5 rings (SSSR count). The highest BCUT2D eigenvalue weighted by atomic mass is 16.2. The second-order valence-electron chi connectivity index (χ2n) is 7.36. The topological polar surface area (TPSA) is 79.0 Å². The molecule has 138 valence electrons. The molecular weight excluding hydrogens is 352 g/mol. The molecule has 28 heavy (non-hydrogen) atoms. The number of ketones is 2. The van der Waals surface area contributed by atoms with Crippen molar-refractivity contribution in [1.29, 1.82) is 0 Å². The maximum absolute atomic E-state index is 12.8. The summed E-state index contributed by atoms with van der Waals surface area (Å²) >= 11 is 0. The Bertz CT molecular complexity index is 1170. The summed E-state index contributed by atoms with van der Waals surface area (Å²) in [4.78, 5) is 40.6. The molecule has 0 saturated heterocycles. The number of allylic oxidation sites excluding steroid dienone is 1. The van der Waals surface area contributed by atoms with Gasteiger partial charge < -0.3 is 10.3 Å². The quantitative estimate of drug-likeness (QED) is 0.535. The van der Waals surface area contributed by atoms with Crippen molar-refractivity contribution in [2.24, 2.45) is 5.92 Å². The summed E-state index contributed by atoms with van der Waals surface area (Å²) in [7, 11) is 0. The maximum atomic E-state index is 12.8. The molecule has 2 aliphatic rings. The number of aromatic amines is 1. The smallest absolute Gasteiger partial charge is 0.292 e. The summed E-state index contributed by atoms with van der Waals surface area (Å²) in [5, 5.41) is 3.19. The highest BCUT2D eigenvalue weighted by Crippen LogP contribution is 2.54. The number of Topliss-reactive ketones (excluding diaryl/α,β-unsaturated/α-hetero) is 2. The van der Waals surface area contributed by atoms with Crippen LogP contribution in [0.5, 0.6) is 0 Å². The number of carbonyl (C=O) groups excluding carboxylic acids is 3. The Morgan fingerprint density at radius 2 is 1.82 bits per heavy atom. The van der Waals surface area contributed by atoms with E-state index in [1.54, 1.807) is 6.07 Å². The van der Waals surface area contributed by atoms with Crippen molar-refractivity contribution in [3.8, 4) is 0 Å². The van der Waals surface area contributed by atoms with Gasteiger partial charge in [-0.05, 0) is 35.4 Å². The number of fused-ring (bicyclic) bond motifs is 4. The van der Waals surface area contributed by atoms with Crippen LogP contribution in [0.4, 0.5) is 0 Å². The first-order valence-corrected chi connectivity index (χ1v) is 9.36. The minimum Gasteiger partial charge on any atom is -0.360 e. The molecular formula is C23H18N2O3. The summed E-state index contributed by atoms with van der Waals surface area (Å²) in [6.07, 6.45) is 4.61. The van der Waals surface area contributed by atoms with E-state index >= 15 is 0 Å². The molecule has 3 aromatic rings. The summed E-state index contributed by atoms with van der Waals surface area (Å²) < 4.78 is 0. The van der Waals surface area contributed by atoms with Gasteiger partial charge in [0, 0.05) is 22.7 Å². The Hall–Kier alpha value is -3.47. The van der Waals surface area contributed by atoms with Gasteiger partial charge in [0.1, 0.15) is 0 Å². The van der Waals surface area contributed by atoms with Gasteiger partial charge in [0.2, 0.25) is 0 Å². The zero-order chi connectivity index (χ0) is 19.3. The third kappa shape index (κ3) is 2.67. The number of hydrogen-bond acceptors (Lipinski definition) is 3. The number of nitrogens with one attached hydrogen (secondary N) is 2. The Morgan fingerprint density at radius 1 is 1.04 bits per heavy atom. The fourth-order valence-electron chi connectivity index (χ4n) is 4.09. The van der Waals surface area contributed by atoms with E-state index in [1.807, 2.05) is 42.5 Å². The second-order valence-corrected chi connectivity index (χ2v) is 7.36. The Kier molecular flexibility index (Phi) is 3.76. The first kappa shape index (κ1) is 16.7. The molecule has 5 heteroatoms. The molecule has 2 N–H and O–H groups in total. The highest BCUT2D eigenvalue weighted by molar-refractivity contribution is 6.45. The second kappa shape index (κ2) is 6.30. The number of amides is 1. The summed E-state index contributed by atoms with van der Waals surface area (Å²) in [6.45, 7) is -0.190. The highest BCUT2D eigenvalue weighted by Gasteiger charge is 2.42. The minimum absolute atomic E-state index is 0.169. The van der Waals surface area contributed by atoms with Gasteiger partial charge in [-0.3, -0.25) is 14.4 Å². The number of para-hydroxylation sites is 1. The third-order valence-electron chi connectivity index (χ3n) is 5.62. The monoisotopic (exact) mass is 370 g/mol. The third-order valence-corrected chi connectivity index (χ3v) is 5.62. The zero-order valence-corrected chi connectivity index (χ0v) is 15.1. The fourth-order valence-corrected chi connectivity index (χ4v) is 4.09. The number of hydrogen-bond donors (Lipinski definition) is 2. The maximum Gasteiger partial charge on any atom is 0.292 e. The van der Waals surface area contributed by atoms with Crippen LogP contribution >= 0.6 is 0 Å². The summed E-state index contributed by atoms with van der Waals surface area (Å²) in [5.74, 6) is -0.654. The van der Waals surface area contributed by atoms with E-state index in [0.29, 0.717) is 28.4 Å². The van der Waals surface area contributed by atoms with E-state index in [0.717, 1.165) is 17.5 Å². The van der Waals surface area contributed by atoms with Crippen LogP contribution in [0.25, 0.3) is 16.5 Å². The van der Waals surface area contributed by atoms with Crippen LogP contribution in [0, 0.1) is 5.92 Å². The molecule has 1 aromatic heterocycles. The van der Waals surface area contributed by atoms with Crippen molar-refractivity contribution < 1.29 is 14.4 Å². The van der Waals surface area contributed by atoms with Crippen LogP contribution in [0.3, 0.4) is 0 Å². The van der Waals surface area contributed by atoms with Gasteiger partial charge in [-0.1, -0.05) is 48.5 Å². The summed E-state index contributed by atoms with van der Waals surface area (Å²) in [6, 6.07) is 15.2. The van der Waals surface area contributed by atoms with Gasteiger partial charge in [0.05, 0.1) is 12.1 Å². The first-order chi connectivity index (χ1) is 13.6. The minimum atomic E-state index is -0.771. The molecule has 1 heterocycles. The average Bonchev–Trinajstić information content (AvgIpc) is 3.40. The van der Waals surface area contributed by atoms with Crippen molar-refractivity contribution >= 4 is 33.9 Å². The molecule has 2 atom stereocenters. The lowest BCUT2D eigenvalue weighted by Gasteiger charge is -2.16. The molecule has 1 saturated carbocycles. The van der Waals surface area contributed by atoms with Crippen LogP contribution in [0.2, 0.25) is 0 Å². The normalized spacial score (nSPS) is 19.4. The fraction of sp³-hybridized carbons (Fsp3) is 0.174. The number of carbonyl (C=O) groups is 3. The van der Waals surface area contributed by atoms with Gasteiger partial charge in [0.25, 0.3) is 11.7 Å². The molecule has 5 nitrogen and oxygen atoms in total. The number of rotatable bonds is 5. The van der Waals surface area contributed by atoms with Crippen LogP contribution < -0.4 is 5.32 Å². The van der Waals surface area contributed by atoms with E-state index in [4.69, 9.17) is 0 Å². The predicted molar refractivity (Wildman–Crippen MR) is 106 cm³/mol. The van der Waals surface area contributed by atoms with Gasteiger partial charge >= 0.3 is 0 Å². The van der Waals surface area contributed by atoms with E-state index in [-0.39, 0.29) is 12.3 Å². The number of benzene rings is 2. The Balaban J connectivity index is 1.31. The SMILES string of the molecule is O=C(CNC(=O)C(=O)c1c[nH]c2ccccc12)C1=CC2CC2c2ccccc21. The van der Waals surface area contributed by atoms with Crippen molar-refractivity contribution in [3.63, 3.8) is 0 Å². The molecule has 0 radical (unpaired) electrons. The van der Waals surface area contributed by atoms with E-state index in [9.17, 15) is 14.4 Å². The van der Waals surface area contributed by atoms with E-state index in [1.165, 1.54) is 11.8 Å².